The minimum absolute atomic E-state index is 0.000879. The van der Waals surface area contributed by atoms with Gasteiger partial charge in [-0.2, -0.15) is 0 Å². The van der Waals surface area contributed by atoms with Crippen LogP contribution in [0.2, 0.25) is 0 Å². The van der Waals surface area contributed by atoms with Gasteiger partial charge in [-0.25, -0.2) is 9.78 Å². The largest absolute Gasteiger partial charge is 0.492 e. The second-order valence-corrected chi connectivity index (χ2v) is 8.69. The highest BCUT2D eigenvalue weighted by Gasteiger charge is 2.40. The molecular formula is C24H30N4O3. The Labute approximate surface area is 183 Å². The van der Waals surface area contributed by atoms with E-state index in [4.69, 9.17) is 4.74 Å². The molecule has 0 radical (unpaired) electrons. The molecule has 7 nitrogen and oxygen atoms in total. The molecule has 2 aromatic heterocycles. The molecule has 7 heteroatoms. The molecule has 2 aromatic rings. The summed E-state index contributed by atoms with van der Waals surface area (Å²) in [5.74, 6) is 2.10. The monoisotopic (exact) mass is 422 g/mol. The Hall–Kier alpha value is -2.96. The van der Waals surface area contributed by atoms with E-state index in [1.54, 1.807) is 28.3 Å². The average molecular weight is 423 g/mol. The summed E-state index contributed by atoms with van der Waals surface area (Å²) in [4.78, 5) is 38.1. The van der Waals surface area contributed by atoms with Crippen molar-refractivity contribution in [1.82, 2.24) is 14.9 Å². The van der Waals surface area contributed by atoms with Gasteiger partial charge in [0.2, 0.25) is 0 Å². The number of carbonyl (C=O) groups excluding carboxylic acids is 2. The molecule has 1 aliphatic carbocycles. The van der Waals surface area contributed by atoms with Gasteiger partial charge in [-0.3, -0.25) is 14.7 Å². The van der Waals surface area contributed by atoms with Crippen molar-refractivity contribution in [3.63, 3.8) is 0 Å². The highest BCUT2D eigenvalue weighted by Crippen LogP contribution is 2.40. The number of pyridine rings is 2. The Morgan fingerprint density at radius 2 is 2.03 bits per heavy atom. The number of aromatic nitrogens is 2. The van der Waals surface area contributed by atoms with Crippen molar-refractivity contribution in [3.8, 4) is 5.75 Å². The number of hydrogen-bond acceptors (Lipinski definition) is 5. The Bertz CT molecular complexity index is 940. The van der Waals surface area contributed by atoms with Crippen LogP contribution in [-0.2, 0) is 11.2 Å². The maximum Gasteiger partial charge on any atom is 0.326 e. The lowest BCUT2D eigenvalue weighted by atomic mass is 10.0. The molecular weight excluding hydrogens is 392 g/mol. The number of ketones is 1. The molecule has 4 rings (SSSR count). The standard InChI is InChI=1S/C24H30N4O3/c1-4-31-21-7-8-23(26-13-21)28-15-22(16(2)3)27(24(28)30)14-20(29)12-19-11-18(9-10-25-19)17-5-6-17/h7-11,13,16-17,22H,4-6,12,14-15H2,1-3H3/t22-/m1/s1. The summed E-state index contributed by atoms with van der Waals surface area (Å²) in [5.41, 5.74) is 2.05. The molecule has 1 aliphatic heterocycles. The van der Waals surface area contributed by atoms with E-state index in [0.29, 0.717) is 30.6 Å². The fourth-order valence-corrected chi connectivity index (χ4v) is 4.10. The van der Waals surface area contributed by atoms with Gasteiger partial charge in [0.1, 0.15) is 11.6 Å². The van der Waals surface area contributed by atoms with Gasteiger partial charge in [-0.15, -0.1) is 0 Å². The maximum absolute atomic E-state index is 13.2. The Morgan fingerprint density at radius 3 is 2.68 bits per heavy atom. The third kappa shape index (κ3) is 4.86. The van der Waals surface area contributed by atoms with Crippen LogP contribution in [0, 0.1) is 5.92 Å². The zero-order valence-electron chi connectivity index (χ0n) is 18.5. The average Bonchev–Trinajstić information content (AvgIpc) is 3.55. The minimum Gasteiger partial charge on any atom is -0.492 e. The van der Waals surface area contributed by atoms with Crippen molar-refractivity contribution in [1.29, 1.82) is 0 Å². The van der Waals surface area contributed by atoms with Crippen LogP contribution < -0.4 is 9.64 Å². The molecule has 0 unspecified atom stereocenters. The predicted octanol–water partition coefficient (Wildman–Crippen LogP) is 3.83. The van der Waals surface area contributed by atoms with Gasteiger partial charge >= 0.3 is 6.03 Å². The van der Waals surface area contributed by atoms with Crippen molar-refractivity contribution >= 4 is 17.6 Å². The van der Waals surface area contributed by atoms with Crippen LogP contribution in [0.3, 0.4) is 0 Å². The number of rotatable bonds is 9. The lowest BCUT2D eigenvalue weighted by Crippen LogP contribution is -2.41. The molecule has 31 heavy (non-hydrogen) atoms. The van der Waals surface area contributed by atoms with Crippen molar-refractivity contribution in [2.45, 2.75) is 52.0 Å². The smallest absolute Gasteiger partial charge is 0.326 e. The normalized spacial score (nSPS) is 18.7. The first kappa shape index (κ1) is 21.3. The molecule has 2 fully saturated rings. The van der Waals surface area contributed by atoms with E-state index >= 15 is 0 Å². The fourth-order valence-electron chi connectivity index (χ4n) is 4.10. The van der Waals surface area contributed by atoms with E-state index in [9.17, 15) is 9.59 Å². The molecule has 2 amide bonds. The lowest BCUT2D eigenvalue weighted by molar-refractivity contribution is -0.119. The number of Topliss-reactive ketones (excluding diaryl/α,β-unsaturated/α-hetero) is 1. The summed E-state index contributed by atoms with van der Waals surface area (Å²) < 4.78 is 5.44. The molecule has 1 atom stereocenters. The van der Waals surface area contributed by atoms with Crippen molar-refractivity contribution in [3.05, 3.63) is 47.9 Å². The van der Waals surface area contributed by atoms with Gasteiger partial charge < -0.3 is 9.64 Å². The van der Waals surface area contributed by atoms with E-state index < -0.39 is 0 Å². The number of carbonyl (C=O) groups is 2. The first-order valence-corrected chi connectivity index (χ1v) is 11.1. The summed E-state index contributed by atoms with van der Waals surface area (Å²) in [6.07, 6.45) is 6.09. The summed E-state index contributed by atoms with van der Waals surface area (Å²) in [6.45, 7) is 7.23. The number of anilines is 1. The van der Waals surface area contributed by atoms with E-state index in [2.05, 4.69) is 23.8 Å². The fraction of sp³-hybridized carbons (Fsp3) is 0.500. The molecule has 2 aliphatic rings. The number of amides is 2. The number of urea groups is 1. The zero-order valence-corrected chi connectivity index (χ0v) is 18.5. The van der Waals surface area contributed by atoms with E-state index in [-0.39, 0.29) is 36.7 Å². The van der Waals surface area contributed by atoms with Gasteiger partial charge in [-0.1, -0.05) is 13.8 Å². The Morgan fingerprint density at radius 1 is 1.23 bits per heavy atom. The van der Waals surface area contributed by atoms with Crippen LogP contribution in [0.4, 0.5) is 10.6 Å². The molecule has 1 saturated heterocycles. The maximum atomic E-state index is 13.2. The van der Waals surface area contributed by atoms with Crippen molar-refractivity contribution < 1.29 is 14.3 Å². The van der Waals surface area contributed by atoms with Gasteiger partial charge in [0.05, 0.1) is 31.8 Å². The van der Waals surface area contributed by atoms with Crippen molar-refractivity contribution in [2.24, 2.45) is 5.92 Å². The molecule has 0 bridgehead atoms. The lowest BCUT2D eigenvalue weighted by Gasteiger charge is -2.25. The summed E-state index contributed by atoms with van der Waals surface area (Å²) in [7, 11) is 0. The second kappa shape index (κ2) is 9.04. The SMILES string of the molecule is CCOc1ccc(N2C[C@H](C(C)C)N(CC(=O)Cc3cc(C4CC4)ccn3)C2=O)nc1. The molecule has 164 valence electrons. The van der Waals surface area contributed by atoms with Gasteiger partial charge in [0, 0.05) is 18.4 Å². The summed E-state index contributed by atoms with van der Waals surface area (Å²) in [6, 6.07) is 7.46. The topological polar surface area (TPSA) is 75.6 Å². The van der Waals surface area contributed by atoms with Crippen LogP contribution in [0.25, 0.3) is 0 Å². The third-order valence-corrected chi connectivity index (χ3v) is 5.94. The Balaban J connectivity index is 1.45. The first-order chi connectivity index (χ1) is 15.0. The van der Waals surface area contributed by atoms with E-state index in [1.807, 2.05) is 25.1 Å². The van der Waals surface area contributed by atoms with Gasteiger partial charge in [-0.05, 0) is 61.4 Å². The van der Waals surface area contributed by atoms with E-state index in [1.165, 1.54) is 18.4 Å². The highest BCUT2D eigenvalue weighted by molar-refractivity contribution is 5.96. The number of nitrogens with zero attached hydrogens (tertiary/aromatic N) is 4. The van der Waals surface area contributed by atoms with Gasteiger partial charge in [0.25, 0.3) is 0 Å². The molecule has 3 heterocycles. The zero-order chi connectivity index (χ0) is 22.0. The molecule has 1 saturated carbocycles. The first-order valence-electron chi connectivity index (χ1n) is 11.1. The summed E-state index contributed by atoms with van der Waals surface area (Å²) >= 11 is 0. The second-order valence-electron chi connectivity index (χ2n) is 8.69. The van der Waals surface area contributed by atoms with Crippen molar-refractivity contribution in [2.75, 3.05) is 24.6 Å². The van der Waals surface area contributed by atoms with Crippen LogP contribution in [0.5, 0.6) is 5.75 Å². The van der Waals surface area contributed by atoms with Gasteiger partial charge in [0.15, 0.2) is 5.78 Å². The molecule has 0 aromatic carbocycles. The van der Waals surface area contributed by atoms with Crippen LogP contribution in [0.15, 0.2) is 36.7 Å². The minimum atomic E-state index is -0.177. The van der Waals surface area contributed by atoms with E-state index in [0.717, 1.165) is 5.69 Å². The van der Waals surface area contributed by atoms with Crippen LogP contribution in [0.1, 0.15) is 50.8 Å². The van der Waals surface area contributed by atoms with Crippen LogP contribution >= 0.6 is 0 Å². The third-order valence-electron chi connectivity index (χ3n) is 5.94. The summed E-state index contributed by atoms with van der Waals surface area (Å²) in [5, 5.41) is 0. The highest BCUT2D eigenvalue weighted by atomic mass is 16.5. The predicted molar refractivity (Wildman–Crippen MR) is 118 cm³/mol. The molecule has 0 N–H and O–H groups in total. The molecule has 0 spiro atoms. The van der Waals surface area contributed by atoms with Crippen LogP contribution in [-0.4, -0.2) is 52.4 Å². The quantitative estimate of drug-likeness (QED) is 0.614. The number of hydrogen-bond donors (Lipinski definition) is 0. The Kier molecular flexibility index (Phi) is 6.20. The number of ether oxygens (including phenoxy) is 1.